The predicted octanol–water partition coefficient (Wildman–Crippen LogP) is 0.0981. The summed E-state index contributed by atoms with van der Waals surface area (Å²) in [6.45, 7) is 7.73. The Morgan fingerprint density at radius 3 is 2.14 bits per heavy atom. The molecule has 4 nitrogen and oxygen atoms in total. The van der Waals surface area contributed by atoms with E-state index in [4.69, 9.17) is 0 Å². The van der Waals surface area contributed by atoms with Crippen LogP contribution in [-0.2, 0) is 0 Å². The molecule has 4 heteroatoms. The van der Waals surface area contributed by atoms with Gasteiger partial charge in [-0.05, 0) is 27.7 Å². The second-order valence-electron chi connectivity index (χ2n) is 5.23. The smallest absolute Gasteiger partial charge is 0.258 e. The third-order valence-corrected chi connectivity index (χ3v) is 3.39. The van der Waals surface area contributed by atoms with Crippen LogP contribution in [0, 0.1) is 0 Å². The second-order valence-corrected chi connectivity index (χ2v) is 5.23. The number of hydrogen-bond donors (Lipinski definition) is 1. The molecule has 0 aromatic heterocycles. The molecule has 1 saturated heterocycles. The van der Waals surface area contributed by atoms with Crippen molar-refractivity contribution in [3.05, 3.63) is 0 Å². The van der Waals surface area contributed by atoms with Gasteiger partial charge in [0.05, 0.1) is 11.6 Å². The molecule has 82 valence electrons. The summed E-state index contributed by atoms with van der Waals surface area (Å²) >= 11 is 0. The molecule has 1 amide bonds. The first kappa shape index (κ1) is 11.5. The number of likely N-dealkylation sites (tertiary alicyclic amines) is 1. The van der Waals surface area contributed by atoms with Gasteiger partial charge in [0.25, 0.3) is 6.09 Å². The minimum atomic E-state index is -1.08. The molecule has 1 heterocycles. The topological polar surface area (TPSA) is 60.4 Å². The molecule has 0 radical (unpaired) electrons. The number of carboxylic acid groups (broad SMARTS) is 1. The zero-order chi connectivity index (χ0) is 11.1. The summed E-state index contributed by atoms with van der Waals surface area (Å²) in [5.41, 5.74) is -0.435. The van der Waals surface area contributed by atoms with Gasteiger partial charge in [-0.3, -0.25) is 4.48 Å². The highest BCUT2D eigenvalue weighted by atomic mass is 16.4. The molecule has 3 atom stereocenters. The average Bonchev–Trinajstić information content (AvgIpc) is 2.24. The van der Waals surface area contributed by atoms with E-state index in [9.17, 15) is 15.0 Å². The number of carbonyl (C=O) groups excluding carboxylic acids is 1. The second kappa shape index (κ2) is 3.21. The van der Waals surface area contributed by atoms with E-state index < -0.39 is 17.7 Å². The fourth-order valence-electron chi connectivity index (χ4n) is 2.62. The van der Waals surface area contributed by atoms with Crippen molar-refractivity contribution < 1.29 is 19.5 Å². The summed E-state index contributed by atoms with van der Waals surface area (Å²) in [5, 5.41) is 20.8. The molecule has 1 rings (SSSR count). The van der Waals surface area contributed by atoms with Crippen molar-refractivity contribution in [2.24, 2.45) is 0 Å². The molecule has 0 aromatic carbocycles. The zero-order valence-electron chi connectivity index (χ0n) is 9.28. The van der Waals surface area contributed by atoms with Crippen LogP contribution < -0.4 is 5.11 Å². The highest BCUT2D eigenvalue weighted by Crippen LogP contribution is 2.36. The third kappa shape index (κ3) is 1.42. The van der Waals surface area contributed by atoms with E-state index >= 15 is 0 Å². The molecule has 0 spiro atoms. The summed E-state index contributed by atoms with van der Waals surface area (Å²) < 4.78 is -0.145. The SMILES string of the molecule is C[C@H]1C[C@H](O)C[N+]1(C(=O)[O-])C(C)(C)C. The number of nitrogens with zero attached hydrogens (tertiary/aromatic N) is 1. The Morgan fingerprint density at radius 2 is 2.00 bits per heavy atom. The fourth-order valence-corrected chi connectivity index (χ4v) is 2.62. The van der Waals surface area contributed by atoms with Gasteiger partial charge in [-0.1, -0.05) is 0 Å². The van der Waals surface area contributed by atoms with Crippen molar-refractivity contribution in [1.82, 2.24) is 0 Å². The third-order valence-electron chi connectivity index (χ3n) is 3.39. The zero-order valence-corrected chi connectivity index (χ0v) is 9.28. The van der Waals surface area contributed by atoms with Crippen LogP contribution in [0.2, 0.25) is 0 Å². The van der Waals surface area contributed by atoms with Gasteiger partial charge >= 0.3 is 0 Å². The maximum absolute atomic E-state index is 11.3. The lowest BCUT2D eigenvalue weighted by atomic mass is 10.0. The maximum atomic E-state index is 11.3. The molecule has 0 bridgehead atoms. The number of aliphatic hydroxyl groups is 1. The van der Waals surface area contributed by atoms with Crippen LogP contribution in [0.5, 0.6) is 0 Å². The van der Waals surface area contributed by atoms with Gasteiger partial charge in [-0.15, -0.1) is 0 Å². The van der Waals surface area contributed by atoms with Crippen molar-refractivity contribution in [1.29, 1.82) is 0 Å². The number of rotatable bonds is 0. The normalized spacial score (nSPS) is 38.6. The van der Waals surface area contributed by atoms with Gasteiger partial charge in [-0.25, -0.2) is 0 Å². The van der Waals surface area contributed by atoms with E-state index in [2.05, 4.69) is 0 Å². The van der Waals surface area contributed by atoms with Gasteiger partial charge < -0.3 is 15.0 Å². The number of hydrogen-bond acceptors (Lipinski definition) is 3. The van der Waals surface area contributed by atoms with Crippen LogP contribution in [0.4, 0.5) is 4.79 Å². The summed E-state index contributed by atoms with van der Waals surface area (Å²) in [6, 6.07) is -0.0880. The lowest BCUT2D eigenvalue weighted by Crippen LogP contribution is -2.69. The van der Waals surface area contributed by atoms with Crippen molar-refractivity contribution in [2.45, 2.75) is 51.8 Å². The minimum Gasteiger partial charge on any atom is -0.498 e. The van der Waals surface area contributed by atoms with Gasteiger partial charge in [-0.2, -0.15) is 0 Å². The summed E-state index contributed by atoms with van der Waals surface area (Å²) in [4.78, 5) is 11.3. The van der Waals surface area contributed by atoms with E-state index in [1.165, 1.54) is 0 Å². The van der Waals surface area contributed by atoms with Gasteiger partial charge in [0, 0.05) is 6.42 Å². The lowest BCUT2D eigenvalue weighted by molar-refractivity contribution is -0.929. The van der Waals surface area contributed by atoms with Crippen LogP contribution in [0.1, 0.15) is 34.1 Å². The highest BCUT2D eigenvalue weighted by Gasteiger charge is 2.53. The summed E-state index contributed by atoms with van der Waals surface area (Å²) in [6.07, 6.45) is -1.07. The fraction of sp³-hybridized carbons (Fsp3) is 0.900. The minimum absolute atomic E-state index is 0.0880. The molecule has 14 heavy (non-hydrogen) atoms. The van der Waals surface area contributed by atoms with Gasteiger partial charge in [0.15, 0.2) is 0 Å². The van der Waals surface area contributed by atoms with E-state index in [1.54, 1.807) is 0 Å². The molecule has 1 N–H and O–H groups in total. The Hall–Kier alpha value is -0.610. The van der Waals surface area contributed by atoms with Crippen LogP contribution in [0.3, 0.4) is 0 Å². The quantitative estimate of drug-likeness (QED) is 0.565. The van der Waals surface area contributed by atoms with E-state index in [0.717, 1.165) is 0 Å². The molecule has 1 aliphatic heterocycles. The molecule has 0 aromatic rings. The Balaban J connectivity index is 3.12. The first-order chi connectivity index (χ1) is 6.22. The Kier molecular flexibility index (Phi) is 2.63. The molecule has 1 aliphatic rings. The van der Waals surface area contributed by atoms with Crippen molar-refractivity contribution >= 4 is 6.09 Å². The number of aliphatic hydroxyl groups excluding tert-OH is 1. The molecule has 0 aliphatic carbocycles. The molecular formula is C10H19NO3. The predicted molar refractivity (Wildman–Crippen MR) is 50.4 cm³/mol. The molecule has 1 fully saturated rings. The average molecular weight is 201 g/mol. The molecule has 1 unspecified atom stereocenters. The van der Waals surface area contributed by atoms with E-state index in [1.807, 2.05) is 27.7 Å². The van der Waals surface area contributed by atoms with Crippen molar-refractivity contribution in [3.63, 3.8) is 0 Å². The Morgan fingerprint density at radius 1 is 1.50 bits per heavy atom. The van der Waals surface area contributed by atoms with Crippen LogP contribution in [-0.4, -0.2) is 39.9 Å². The van der Waals surface area contributed by atoms with Gasteiger partial charge in [0.2, 0.25) is 0 Å². The summed E-state index contributed by atoms with van der Waals surface area (Å²) in [7, 11) is 0. The standard InChI is InChI=1S/C10H19NO3/c1-7-5-8(12)6-11(7,9(13)14)10(2,3)4/h7-8,12H,5-6H2,1-4H3/t7-,8-,11?/m0/s1. The number of carbonyl (C=O) groups is 1. The maximum Gasteiger partial charge on any atom is 0.258 e. The van der Waals surface area contributed by atoms with Crippen molar-refractivity contribution in [2.75, 3.05) is 6.54 Å². The summed E-state index contributed by atoms with van der Waals surface area (Å²) in [5.74, 6) is 0. The van der Waals surface area contributed by atoms with E-state index in [0.29, 0.717) is 6.42 Å². The van der Waals surface area contributed by atoms with Crippen LogP contribution in [0.25, 0.3) is 0 Å². The first-order valence-electron chi connectivity index (χ1n) is 4.99. The lowest BCUT2D eigenvalue weighted by Gasteiger charge is -2.48. The number of quaternary nitrogens is 1. The number of amides is 1. The largest absolute Gasteiger partial charge is 0.498 e. The first-order valence-corrected chi connectivity index (χ1v) is 4.99. The monoisotopic (exact) mass is 201 g/mol. The molecular weight excluding hydrogens is 182 g/mol. The van der Waals surface area contributed by atoms with E-state index in [-0.39, 0.29) is 17.1 Å². The Bertz CT molecular complexity index is 246. The van der Waals surface area contributed by atoms with Crippen molar-refractivity contribution in [3.8, 4) is 0 Å². The molecule has 0 saturated carbocycles. The Labute approximate surface area is 84.7 Å². The van der Waals surface area contributed by atoms with Gasteiger partial charge in [0.1, 0.15) is 12.6 Å². The van der Waals surface area contributed by atoms with Crippen LogP contribution >= 0.6 is 0 Å². The highest BCUT2D eigenvalue weighted by molar-refractivity contribution is 5.55. The van der Waals surface area contributed by atoms with Crippen LogP contribution in [0.15, 0.2) is 0 Å².